The number of carbonyl (C=O) groups excluding carboxylic acids is 1. The average molecular weight is 360 g/mol. The van der Waals surface area contributed by atoms with Crippen molar-refractivity contribution in [3.05, 3.63) is 59.7 Å². The summed E-state index contributed by atoms with van der Waals surface area (Å²) in [6, 6.07) is 14.2. The first-order valence-electron chi connectivity index (χ1n) is 7.96. The number of nitrogens with zero attached hydrogens (tertiary/aromatic N) is 1. The molecule has 1 heterocycles. The molecule has 0 bridgehead atoms. The van der Waals surface area contributed by atoms with Crippen LogP contribution >= 0.6 is 0 Å². The Balaban J connectivity index is 1.66. The van der Waals surface area contributed by atoms with E-state index >= 15 is 0 Å². The minimum absolute atomic E-state index is 0.0321. The Kier molecular flexibility index (Phi) is 4.78. The van der Waals surface area contributed by atoms with Crippen LogP contribution in [0.4, 0.5) is 10.5 Å². The molecular weight excluding hydrogens is 340 g/mol. The van der Waals surface area contributed by atoms with Crippen LogP contribution in [0.2, 0.25) is 0 Å². The maximum Gasteiger partial charge on any atom is 0.414 e. The SMILES string of the molecule is Cc1cccc(N2CC(CNS(=O)(=O)c3cccc(C)c3)OC2=O)c1. The van der Waals surface area contributed by atoms with Gasteiger partial charge in [-0.05, 0) is 49.2 Å². The molecule has 3 rings (SSSR count). The van der Waals surface area contributed by atoms with Crippen LogP contribution in [0.5, 0.6) is 0 Å². The molecule has 1 fully saturated rings. The summed E-state index contributed by atoms with van der Waals surface area (Å²) in [5.41, 5.74) is 2.64. The average Bonchev–Trinajstić information content (AvgIpc) is 2.94. The van der Waals surface area contributed by atoms with Crippen molar-refractivity contribution in [3.8, 4) is 0 Å². The van der Waals surface area contributed by atoms with Gasteiger partial charge in [0.05, 0.1) is 11.4 Å². The minimum atomic E-state index is -3.64. The van der Waals surface area contributed by atoms with E-state index < -0.39 is 22.2 Å². The number of amides is 1. The van der Waals surface area contributed by atoms with Crippen LogP contribution in [0.15, 0.2) is 53.4 Å². The van der Waals surface area contributed by atoms with E-state index in [0.717, 1.165) is 16.8 Å². The van der Waals surface area contributed by atoms with E-state index in [1.807, 2.05) is 44.2 Å². The lowest BCUT2D eigenvalue weighted by molar-refractivity contribution is 0.143. The zero-order valence-corrected chi connectivity index (χ0v) is 14.9. The van der Waals surface area contributed by atoms with Gasteiger partial charge in [0.2, 0.25) is 10.0 Å². The second-order valence-electron chi connectivity index (χ2n) is 6.12. The van der Waals surface area contributed by atoms with Crippen molar-refractivity contribution in [2.45, 2.75) is 24.8 Å². The number of hydrogen-bond donors (Lipinski definition) is 1. The lowest BCUT2D eigenvalue weighted by Gasteiger charge is -2.13. The molecule has 1 atom stereocenters. The number of benzene rings is 2. The molecule has 0 saturated carbocycles. The van der Waals surface area contributed by atoms with Gasteiger partial charge in [0.15, 0.2) is 0 Å². The van der Waals surface area contributed by atoms with Gasteiger partial charge in [0.25, 0.3) is 0 Å². The van der Waals surface area contributed by atoms with Crippen LogP contribution in [-0.4, -0.2) is 33.7 Å². The second-order valence-corrected chi connectivity index (χ2v) is 7.89. The standard InChI is InChI=1S/C18H20N2O4S/c1-13-5-3-7-15(9-13)20-12-16(24-18(20)21)11-19-25(22,23)17-8-4-6-14(2)10-17/h3-10,16,19H,11-12H2,1-2H3. The van der Waals surface area contributed by atoms with Crippen LogP contribution in [-0.2, 0) is 14.8 Å². The summed E-state index contributed by atoms with van der Waals surface area (Å²) in [5.74, 6) is 0. The first-order chi connectivity index (χ1) is 11.8. The van der Waals surface area contributed by atoms with E-state index in [0.29, 0.717) is 6.54 Å². The zero-order chi connectivity index (χ0) is 18.0. The van der Waals surface area contributed by atoms with E-state index in [1.54, 1.807) is 12.1 Å². The quantitative estimate of drug-likeness (QED) is 0.889. The van der Waals surface area contributed by atoms with Crippen molar-refractivity contribution >= 4 is 21.8 Å². The molecule has 0 aromatic heterocycles. The van der Waals surface area contributed by atoms with Gasteiger partial charge in [0, 0.05) is 12.2 Å². The Morgan fingerprint density at radius 3 is 2.48 bits per heavy atom. The molecule has 2 aromatic carbocycles. The summed E-state index contributed by atoms with van der Waals surface area (Å²) in [6.45, 7) is 4.11. The fourth-order valence-electron chi connectivity index (χ4n) is 2.70. The van der Waals surface area contributed by atoms with Crippen LogP contribution in [0, 0.1) is 13.8 Å². The first-order valence-corrected chi connectivity index (χ1v) is 9.44. The van der Waals surface area contributed by atoms with Gasteiger partial charge in [-0.25, -0.2) is 17.9 Å². The normalized spacial score (nSPS) is 17.6. The van der Waals surface area contributed by atoms with E-state index in [4.69, 9.17) is 4.74 Å². The summed E-state index contributed by atoms with van der Waals surface area (Å²) in [7, 11) is -3.64. The molecule has 6 nitrogen and oxygen atoms in total. The number of rotatable bonds is 5. The van der Waals surface area contributed by atoms with Gasteiger partial charge >= 0.3 is 6.09 Å². The molecule has 0 aliphatic carbocycles. The number of sulfonamides is 1. The smallest absolute Gasteiger partial charge is 0.414 e. The van der Waals surface area contributed by atoms with Crippen molar-refractivity contribution in [1.82, 2.24) is 4.72 Å². The van der Waals surface area contributed by atoms with Crippen molar-refractivity contribution < 1.29 is 17.9 Å². The second kappa shape index (κ2) is 6.85. The molecule has 2 aromatic rings. The van der Waals surface area contributed by atoms with Crippen molar-refractivity contribution in [2.24, 2.45) is 0 Å². The number of anilines is 1. The summed E-state index contributed by atoms with van der Waals surface area (Å²) >= 11 is 0. The van der Waals surface area contributed by atoms with E-state index in [-0.39, 0.29) is 11.4 Å². The maximum absolute atomic E-state index is 12.4. The Morgan fingerprint density at radius 2 is 1.80 bits per heavy atom. The largest absolute Gasteiger partial charge is 0.443 e. The number of carbonyl (C=O) groups is 1. The molecule has 1 N–H and O–H groups in total. The van der Waals surface area contributed by atoms with E-state index in [2.05, 4.69) is 4.72 Å². The first kappa shape index (κ1) is 17.4. The molecule has 1 saturated heterocycles. The Morgan fingerprint density at radius 1 is 1.12 bits per heavy atom. The van der Waals surface area contributed by atoms with Gasteiger partial charge in [-0.2, -0.15) is 0 Å². The third kappa shape index (κ3) is 4.00. The summed E-state index contributed by atoms with van der Waals surface area (Å²) < 4.78 is 32.5. The highest BCUT2D eigenvalue weighted by Crippen LogP contribution is 2.22. The molecular formula is C18H20N2O4S. The monoisotopic (exact) mass is 360 g/mol. The van der Waals surface area contributed by atoms with Crippen molar-refractivity contribution in [2.75, 3.05) is 18.0 Å². The summed E-state index contributed by atoms with van der Waals surface area (Å²) in [5, 5.41) is 0. The molecule has 7 heteroatoms. The molecule has 25 heavy (non-hydrogen) atoms. The molecule has 0 spiro atoms. The third-order valence-corrected chi connectivity index (χ3v) is 5.41. The van der Waals surface area contributed by atoms with Gasteiger partial charge < -0.3 is 4.74 Å². The molecule has 1 unspecified atom stereocenters. The van der Waals surface area contributed by atoms with Crippen molar-refractivity contribution in [3.63, 3.8) is 0 Å². The van der Waals surface area contributed by atoms with Gasteiger partial charge in [0.1, 0.15) is 6.10 Å². The third-order valence-electron chi connectivity index (χ3n) is 3.99. The molecule has 0 radical (unpaired) electrons. The zero-order valence-electron chi connectivity index (χ0n) is 14.1. The Bertz CT molecular complexity index is 895. The van der Waals surface area contributed by atoms with Crippen LogP contribution < -0.4 is 9.62 Å². The van der Waals surface area contributed by atoms with Gasteiger partial charge in [-0.1, -0.05) is 24.3 Å². The highest BCUT2D eigenvalue weighted by molar-refractivity contribution is 7.89. The lowest BCUT2D eigenvalue weighted by Crippen LogP contribution is -2.34. The minimum Gasteiger partial charge on any atom is -0.443 e. The fourth-order valence-corrected chi connectivity index (χ4v) is 3.87. The van der Waals surface area contributed by atoms with Crippen LogP contribution in [0.1, 0.15) is 11.1 Å². The van der Waals surface area contributed by atoms with E-state index in [9.17, 15) is 13.2 Å². The predicted octanol–water partition coefficient (Wildman–Crippen LogP) is 2.61. The van der Waals surface area contributed by atoms with Crippen LogP contribution in [0.3, 0.4) is 0 Å². The Labute approximate surface area is 147 Å². The number of hydrogen-bond acceptors (Lipinski definition) is 4. The summed E-state index contributed by atoms with van der Waals surface area (Å²) in [4.78, 5) is 13.8. The molecule has 132 valence electrons. The highest BCUT2D eigenvalue weighted by Gasteiger charge is 2.33. The van der Waals surface area contributed by atoms with E-state index in [1.165, 1.54) is 11.0 Å². The topological polar surface area (TPSA) is 75.7 Å². The molecule has 1 aliphatic heterocycles. The van der Waals surface area contributed by atoms with Crippen molar-refractivity contribution in [1.29, 1.82) is 0 Å². The highest BCUT2D eigenvalue weighted by atomic mass is 32.2. The fraction of sp³-hybridized carbons (Fsp3) is 0.278. The lowest BCUT2D eigenvalue weighted by atomic mass is 10.2. The van der Waals surface area contributed by atoms with Gasteiger partial charge in [-0.15, -0.1) is 0 Å². The molecule has 1 amide bonds. The number of aryl methyl sites for hydroxylation is 2. The maximum atomic E-state index is 12.4. The van der Waals surface area contributed by atoms with Crippen LogP contribution in [0.25, 0.3) is 0 Å². The summed E-state index contributed by atoms with van der Waals surface area (Å²) in [6.07, 6.45) is -1.00. The number of cyclic esters (lactones) is 1. The number of ether oxygens (including phenoxy) is 1. The van der Waals surface area contributed by atoms with Gasteiger partial charge in [-0.3, -0.25) is 4.90 Å². The Hall–Kier alpha value is -2.38. The molecule has 1 aliphatic rings. The predicted molar refractivity (Wildman–Crippen MR) is 95.2 cm³/mol. The number of nitrogens with one attached hydrogen (secondary N) is 1.